The average molecular weight is 445 g/mol. The van der Waals surface area contributed by atoms with E-state index in [0.29, 0.717) is 39.6 Å². The molecule has 1 aromatic heterocycles. The van der Waals surface area contributed by atoms with Crippen LogP contribution in [-0.2, 0) is 4.79 Å². The van der Waals surface area contributed by atoms with E-state index in [1.54, 1.807) is 49.6 Å². The van der Waals surface area contributed by atoms with Crippen molar-refractivity contribution in [3.63, 3.8) is 0 Å². The first kappa shape index (κ1) is 22.0. The van der Waals surface area contributed by atoms with Crippen molar-refractivity contribution in [2.75, 3.05) is 26.1 Å². The standard InChI is InChI=1S/C26H23NO6/c1-16-4-8-19(9-5-16)27-25(28)15-32-20-10-6-18-12-21(26(29)33-23(18)14-20)17-7-11-22(30-2)24(13-17)31-3/h4-14H,15H2,1-3H3,(H,27,28). The first-order chi connectivity index (χ1) is 16.0. The first-order valence-electron chi connectivity index (χ1n) is 10.3. The lowest BCUT2D eigenvalue weighted by Gasteiger charge is -2.10. The molecule has 0 aliphatic heterocycles. The van der Waals surface area contributed by atoms with Crippen LogP contribution in [0.3, 0.4) is 0 Å². The molecule has 0 unspecified atom stereocenters. The van der Waals surface area contributed by atoms with Crippen LogP contribution in [0.5, 0.6) is 17.2 Å². The van der Waals surface area contributed by atoms with Crippen molar-refractivity contribution in [1.82, 2.24) is 0 Å². The summed E-state index contributed by atoms with van der Waals surface area (Å²) in [5.41, 5.74) is 2.72. The molecule has 0 aliphatic carbocycles. The number of anilines is 1. The monoisotopic (exact) mass is 445 g/mol. The number of carbonyl (C=O) groups is 1. The van der Waals surface area contributed by atoms with Gasteiger partial charge in [-0.1, -0.05) is 23.8 Å². The van der Waals surface area contributed by atoms with Crippen LogP contribution in [0.2, 0.25) is 0 Å². The molecule has 0 bridgehead atoms. The van der Waals surface area contributed by atoms with Crippen LogP contribution in [0.15, 0.2) is 75.9 Å². The van der Waals surface area contributed by atoms with Crippen LogP contribution >= 0.6 is 0 Å². The van der Waals surface area contributed by atoms with Crippen molar-refractivity contribution in [2.45, 2.75) is 6.92 Å². The molecule has 7 nitrogen and oxygen atoms in total. The van der Waals surface area contributed by atoms with Crippen LogP contribution in [0.25, 0.3) is 22.1 Å². The lowest BCUT2D eigenvalue weighted by Crippen LogP contribution is -2.20. The van der Waals surface area contributed by atoms with Crippen LogP contribution in [0, 0.1) is 6.92 Å². The molecule has 0 radical (unpaired) electrons. The van der Waals surface area contributed by atoms with E-state index >= 15 is 0 Å². The largest absolute Gasteiger partial charge is 0.493 e. The Morgan fingerprint density at radius 1 is 0.909 bits per heavy atom. The van der Waals surface area contributed by atoms with E-state index in [0.717, 1.165) is 10.9 Å². The summed E-state index contributed by atoms with van der Waals surface area (Å²) < 4.78 is 21.7. The van der Waals surface area contributed by atoms with E-state index in [1.807, 2.05) is 31.2 Å². The second-order valence-electron chi connectivity index (χ2n) is 7.42. The summed E-state index contributed by atoms with van der Waals surface area (Å²) in [4.78, 5) is 24.8. The van der Waals surface area contributed by atoms with Gasteiger partial charge in [0.25, 0.3) is 5.91 Å². The highest BCUT2D eigenvalue weighted by Crippen LogP contribution is 2.32. The highest BCUT2D eigenvalue weighted by atomic mass is 16.5. The van der Waals surface area contributed by atoms with Gasteiger partial charge in [0.1, 0.15) is 11.3 Å². The Bertz CT molecular complexity index is 1360. The number of carbonyl (C=O) groups excluding carboxylic acids is 1. The lowest BCUT2D eigenvalue weighted by atomic mass is 10.1. The van der Waals surface area contributed by atoms with Gasteiger partial charge in [0.15, 0.2) is 18.1 Å². The predicted octanol–water partition coefficient (Wildman–Crippen LogP) is 4.80. The molecule has 3 aromatic carbocycles. The minimum atomic E-state index is -0.496. The van der Waals surface area contributed by atoms with Gasteiger partial charge >= 0.3 is 5.63 Å². The molecule has 0 saturated carbocycles. The van der Waals surface area contributed by atoms with Crippen molar-refractivity contribution in [3.8, 4) is 28.4 Å². The molecule has 0 atom stereocenters. The topological polar surface area (TPSA) is 87.0 Å². The van der Waals surface area contributed by atoms with Crippen molar-refractivity contribution in [2.24, 2.45) is 0 Å². The Labute approximate surface area is 190 Å². The highest BCUT2D eigenvalue weighted by Gasteiger charge is 2.12. The fourth-order valence-corrected chi connectivity index (χ4v) is 3.37. The summed E-state index contributed by atoms with van der Waals surface area (Å²) in [7, 11) is 3.08. The van der Waals surface area contributed by atoms with Gasteiger partial charge in [0.05, 0.1) is 19.8 Å². The maximum absolute atomic E-state index is 12.6. The van der Waals surface area contributed by atoms with Crippen molar-refractivity contribution >= 4 is 22.6 Å². The molecule has 0 saturated heterocycles. The number of aryl methyl sites for hydroxylation is 1. The van der Waals surface area contributed by atoms with Gasteiger partial charge < -0.3 is 23.9 Å². The number of methoxy groups -OCH3 is 2. The molecule has 1 heterocycles. The highest BCUT2D eigenvalue weighted by molar-refractivity contribution is 5.92. The molecular weight excluding hydrogens is 422 g/mol. The lowest BCUT2D eigenvalue weighted by molar-refractivity contribution is -0.118. The second kappa shape index (κ2) is 9.48. The van der Waals surface area contributed by atoms with E-state index in [-0.39, 0.29) is 12.5 Å². The van der Waals surface area contributed by atoms with Gasteiger partial charge in [-0.15, -0.1) is 0 Å². The minimum Gasteiger partial charge on any atom is -0.493 e. The zero-order chi connectivity index (χ0) is 23.4. The van der Waals surface area contributed by atoms with Crippen molar-refractivity contribution < 1.29 is 23.4 Å². The summed E-state index contributed by atoms with van der Waals surface area (Å²) in [6.45, 7) is 1.80. The predicted molar refractivity (Wildman–Crippen MR) is 126 cm³/mol. The van der Waals surface area contributed by atoms with E-state index in [9.17, 15) is 9.59 Å². The first-order valence-corrected chi connectivity index (χ1v) is 10.3. The number of ether oxygens (including phenoxy) is 3. The van der Waals surface area contributed by atoms with Gasteiger partial charge in [-0.3, -0.25) is 4.79 Å². The van der Waals surface area contributed by atoms with Gasteiger partial charge in [0.2, 0.25) is 0 Å². The molecule has 0 fully saturated rings. The summed E-state index contributed by atoms with van der Waals surface area (Å²) >= 11 is 0. The fraction of sp³-hybridized carbons (Fsp3) is 0.154. The van der Waals surface area contributed by atoms with Gasteiger partial charge in [-0.05, 0) is 55.0 Å². The van der Waals surface area contributed by atoms with Crippen LogP contribution < -0.4 is 25.2 Å². The Kier molecular flexibility index (Phi) is 6.31. The Morgan fingerprint density at radius 2 is 1.67 bits per heavy atom. The molecule has 33 heavy (non-hydrogen) atoms. The number of nitrogens with one attached hydrogen (secondary N) is 1. The molecule has 168 valence electrons. The SMILES string of the molecule is COc1ccc(-c2cc3ccc(OCC(=O)Nc4ccc(C)cc4)cc3oc2=O)cc1OC. The van der Waals surface area contributed by atoms with Crippen LogP contribution in [0.1, 0.15) is 5.56 Å². The molecule has 1 N–H and O–H groups in total. The summed E-state index contributed by atoms with van der Waals surface area (Å²) in [5, 5.41) is 3.49. The summed E-state index contributed by atoms with van der Waals surface area (Å²) in [6.07, 6.45) is 0. The van der Waals surface area contributed by atoms with Gasteiger partial charge in [-0.25, -0.2) is 4.79 Å². The maximum Gasteiger partial charge on any atom is 0.344 e. The van der Waals surface area contributed by atoms with E-state index < -0.39 is 5.63 Å². The van der Waals surface area contributed by atoms with E-state index in [1.165, 1.54) is 7.11 Å². The Balaban J connectivity index is 1.51. The third kappa shape index (κ3) is 4.98. The zero-order valence-corrected chi connectivity index (χ0v) is 18.5. The zero-order valence-electron chi connectivity index (χ0n) is 18.5. The number of hydrogen-bond donors (Lipinski definition) is 1. The van der Waals surface area contributed by atoms with Crippen LogP contribution in [0.4, 0.5) is 5.69 Å². The van der Waals surface area contributed by atoms with Gasteiger partial charge in [0, 0.05) is 17.1 Å². The maximum atomic E-state index is 12.6. The number of fused-ring (bicyclic) bond motifs is 1. The third-order valence-corrected chi connectivity index (χ3v) is 5.11. The smallest absolute Gasteiger partial charge is 0.344 e. The quantitative estimate of drug-likeness (QED) is 0.411. The number of amides is 1. The third-order valence-electron chi connectivity index (χ3n) is 5.11. The van der Waals surface area contributed by atoms with Crippen molar-refractivity contribution in [3.05, 3.63) is 82.7 Å². The fourth-order valence-electron chi connectivity index (χ4n) is 3.37. The molecule has 1 amide bonds. The second-order valence-corrected chi connectivity index (χ2v) is 7.42. The molecule has 7 heteroatoms. The molecule has 4 rings (SSSR count). The number of hydrogen-bond acceptors (Lipinski definition) is 6. The number of benzene rings is 3. The minimum absolute atomic E-state index is 0.173. The van der Waals surface area contributed by atoms with Gasteiger partial charge in [-0.2, -0.15) is 0 Å². The average Bonchev–Trinajstić information content (AvgIpc) is 2.83. The summed E-state index contributed by atoms with van der Waals surface area (Å²) in [6, 6.07) is 19.5. The summed E-state index contributed by atoms with van der Waals surface area (Å²) in [5.74, 6) is 1.22. The van der Waals surface area contributed by atoms with E-state index in [4.69, 9.17) is 18.6 Å². The number of rotatable bonds is 7. The Hall–Kier alpha value is -4.26. The van der Waals surface area contributed by atoms with E-state index in [2.05, 4.69) is 5.32 Å². The molecular formula is C26H23NO6. The Morgan fingerprint density at radius 3 is 2.39 bits per heavy atom. The van der Waals surface area contributed by atoms with Crippen LogP contribution in [-0.4, -0.2) is 26.7 Å². The van der Waals surface area contributed by atoms with Crippen molar-refractivity contribution in [1.29, 1.82) is 0 Å². The molecule has 0 spiro atoms. The molecule has 0 aliphatic rings. The molecule has 4 aromatic rings. The normalized spacial score (nSPS) is 10.6.